The Hall–Kier alpha value is -2.85. The Labute approximate surface area is 183 Å². The van der Waals surface area contributed by atoms with E-state index in [0.717, 1.165) is 0 Å². The third-order valence-corrected chi connectivity index (χ3v) is 5.93. The molecule has 31 heavy (non-hydrogen) atoms. The van der Waals surface area contributed by atoms with E-state index < -0.39 is 34.0 Å². The lowest BCUT2D eigenvalue weighted by Gasteiger charge is -2.31. The van der Waals surface area contributed by atoms with Crippen LogP contribution in [0.2, 0.25) is 0 Å². The van der Waals surface area contributed by atoms with Crippen molar-refractivity contribution in [2.75, 3.05) is 24.7 Å². The topological polar surface area (TPSA) is 131 Å². The van der Waals surface area contributed by atoms with Crippen molar-refractivity contribution < 1.29 is 28.5 Å². The third-order valence-electron chi connectivity index (χ3n) is 4.68. The first-order chi connectivity index (χ1) is 14.7. The minimum atomic E-state index is -1.26. The molecule has 0 amide bonds. The van der Waals surface area contributed by atoms with Crippen LogP contribution in [0.1, 0.15) is 39.2 Å². The lowest BCUT2D eigenvalue weighted by Crippen LogP contribution is -2.36. The van der Waals surface area contributed by atoms with E-state index in [1.54, 1.807) is 33.8 Å². The smallest absolute Gasteiger partial charge is 0.336 e. The summed E-state index contributed by atoms with van der Waals surface area (Å²) >= 11 is -1.26. The summed E-state index contributed by atoms with van der Waals surface area (Å²) in [6.45, 7) is 6.91. The highest BCUT2D eigenvalue weighted by molar-refractivity contribution is 7.91. The van der Waals surface area contributed by atoms with Crippen LogP contribution in [-0.4, -0.2) is 46.1 Å². The van der Waals surface area contributed by atoms with Gasteiger partial charge in [0.1, 0.15) is 11.5 Å². The number of ether oxygens (including phenoxy) is 2. The number of carbonyl (C=O) groups excluding carboxylic acids is 2. The number of benzene rings is 1. The number of carbonyl (C=O) groups is 2. The Morgan fingerprint density at radius 2 is 1.74 bits per heavy atom. The van der Waals surface area contributed by atoms with Gasteiger partial charge in [-0.1, -0.05) is 12.1 Å². The molecule has 2 rings (SSSR count). The van der Waals surface area contributed by atoms with E-state index in [-0.39, 0.29) is 35.8 Å². The van der Waals surface area contributed by atoms with Crippen molar-refractivity contribution in [3.63, 3.8) is 0 Å². The Morgan fingerprint density at radius 3 is 2.29 bits per heavy atom. The van der Waals surface area contributed by atoms with Crippen LogP contribution in [0.5, 0.6) is 0 Å². The number of nitrogens with one attached hydrogen (secondary N) is 1. The largest absolute Gasteiger partial charge is 0.616 e. The van der Waals surface area contributed by atoms with Crippen LogP contribution in [-0.2, 0) is 30.2 Å². The van der Waals surface area contributed by atoms with Gasteiger partial charge in [0.05, 0.1) is 40.9 Å². The maximum Gasteiger partial charge on any atom is 0.336 e. The van der Waals surface area contributed by atoms with Gasteiger partial charge in [-0.3, -0.25) is 10.1 Å². The fourth-order valence-corrected chi connectivity index (χ4v) is 4.11. The molecule has 2 unspecified atom stereocenters. The molecule has 0 radical (unpaired) electrons. The number of hydrogen-bond donors (Lipinski definition) is 1. The van der Waals surface area contributed by atoms with E-state index in [1.807, 2.05) is 0 Å². The number of nitro groups is 1. The molecule has 1 aromatic rings. The lowest BCUT2D eigenvalue weighted by molar-refractivity contribution is -0.384. The van der Waals surface area contributed by atoms with Crippen molar-refractivity contribution in [1.82, 2.24) is 5.32 Å². The van der Waals surface area contributed by atoms with Crippen molar-refractivity contribution in [3.05, 3.63) is 62.5 Å². The van der Waals surface area contributed by atoms with Gasteiger partial charge in [0.15, 0.2) is 0 Å². The molecule has 2 atom stereocenters. The Balaban J connectivity index is 2.77. The van der Waals surface area contributed by atoms with Crippen molar-refractivity contribution in [2.24, 2.45) is 0 Å². The second kappa shape index (κ2) is 11.0. The maximum atomic E-state index is 13.0. The van der Waals surface area contributed by atoms with Crippen LogP contribution in [0.4, 0.5) is 5.69 Å². The van der Waals surface area contributed by atoms with Gasteiger partial charge < -0.3 is 19.3 Å². The summed E-state index contributed by atoms with van der Waals surface area (Å²) in [7, 11) is 0. The van der Waals surface area contributed by atoms with Crippen molar-refractivity contribution in [1.29, 1.82) is 0 Å². The quantitative estimate of drug-likeness (QED) is 0.263. The average Bonchev–Trinajstić information content (AvgIpc) is 2.73. The summed E-state index contributed by atoms with van der Waals surface area (Å²) in [5.74, 6) is -1.90. The molecule has 9 nitrogen and oxygen atoms in total. The molecule has 0 fully saturated rings. The molecule has 10 heteroatoms. The Morgan fingerprint density at radius 1 is 1.13 bits per heavy atom. The average molecular weight is 451 g/mol. The summed E-state index contributed by atoms with van der Waals surface area (Å²) in [6.07, 6.45) is 0. The van der Waals surface area contributed by atoms with E-state index in [1.165, 1.54) is 18.2 Å². The fourth-order valence-electron chi connectivity index (χ4n) is 3.35. The van der Waals surface area contributed by atoms with Crippen LogP contribution in [0.3, 0.4) is 0 Å². The molecule has 1 heterocycles. The summed E-state index contributed by atoms with van der Waals surface area (Å²) in [6, 6.07) is 5.73. The van der Waals surface area contributed by atoms with Gasteiger partial charge in [-0.2, -0.15) is 0 Å². The van der Waals surface area contributed by atoms with Crippen LogP contribution >= 0.6 is 0 Å². The molecule has 0 spiro atoms. The molecule has 0 bridgehead atoms. The molecule has 0 aromatic heterocycles. The number of hydrogen-bond acceptors (Lipinski definition) is 8. The van der Waals surface area contributed by atoms with E-state index in [4.69, 9.17) is 9.47 Å². The molecular formula is C21H26N2O7S. The predicted octanol–water partition coefficient (Wildman–Crippen LogP) is 2.70. The number of rotatable bonds is 9. The Bertz CT molecular complexity index is 926. The van der Waals surface area contributed by atoms with E-state index >= 15 is 0 Å². The number of dihydropyridines is 1. The zero-order valence-corrected chi connectivity index (χ0v) is 18.7. The summed E-state index contributed by atoms with van der Waals surface area (Å²) < 4.78 is 22.7. The monoisotopic (exact) mass is 450 g/mol. The van der Waals surface area contributed by atoms with E-state index in [0.29, 0.717) is 22.7 Å². The fraction of sp³-hybridized carbons (Fsp3) is 0.429. The van der Waals surface area contributed by atoms with Crippen LogP contribution in [0, 0.1) is 10.1 Å². The maximum absolute atomic E-state index is 13.0. The van der Waals surface area contributed by atoms with Gasteiger partial charge in [-0.15, -0.1) is 0 Å². The minimum Gasteiger partial charge on any atom is -0.616 e. The van der Waals surface area contributed by atoms with Crippen LogP contribution in [0.15, 0.2) is 46.8 Å². The van der Waals surface area contributed by atoms with E-state index in [2.05, 4.69) is 5.32 Å². The zero-order chi connectivity index (χ0) is 23.1. The zero-order valence-electron chi connectivity index (χ0n) is 17.9. The first-order valence-corrected chi connectivity index (χ1v) is 11.4. The number of nitro benzene ring substituents is 1. The van der Waals surface area contributed by atoms with Gasteiger partial charge in [-0.05, 0) is 44.4 Å². The molecule has 0 aliphatic carbocycles. The van der Waals surface area contributed by atoms with Gasteiger partial charge in [0.25, 0.3) is 5.69 Å². The van der Waals surface area contributed by atoms with Crippen LogP contribution in [0.25, 0.3) is 0 Å². The first-order valence-electron chi connectivity index (χ1n) is 9.89. The summed E-state index contributed by atoms with van der Waals surface area (Å²) in [5.41, 5.74) is 1.21. The van der Waals surface area contributed by atoms with Crippen molar-refractivity contribution >= 4 is 28.8 Å². The van der Waals surface area contributed by atoms with Crippen molar-refractivity contribution in [2.45, 2.75) is 33.6 Å². The molecular weight excluding hydrogens is 424 g/mol. The predicted molar refractivity (Wildman–Crippen MR) is 116 cm³/mol. The molecule has 168 valence electrons. The summed E-state index contributed by atoms with van der Waals surface area (Å²) in [5, 5.41) is 14.4. The lowest BCUT2D eigenvalue weighted by atomic mass is 9.80. The molecule has 1 aliphatic heterocycles. The first kappa shape index (κ1) is 24.4. The van der Waals surface area contributed by atoms with Gasteiger partial charge in [0, 0.05) is 17.8 Å². The van der Waals surface area contributed by atoms with Gasteiger partial charge in [0.2, 0.25) is 0 Å². The second-order valence-corrected chi connectivity index (χ2v) is 8.40. The highest BCUT2D eigenvalue weighted by Crippen LogP contribution is 2.40. The molecule has 1 aromatic carbocycles. The van der Waals surface area contributed by atoms with Crippen LogP contribution < -0.4 is 5.32 Å². The standard InChI is InChI=1S/C21H26N2O7S/c1-5-29-20(24)17-13(4)22-16(12-31(28)7-3)19(21(25)30-6-2)18(17)14-9-8-10-15(11-14)23(26)27/h8-11,18,22H,5-7,12H2,1-4H3. The normalized spacial score (nSPS) is 17.1. The van der Waals surface area contributed by atoms with Gasteiger partial charge in [-0.25, -0.2) is 9.59 Å². The molecule has 0 saturated carbocycles. The Kier molecular flexibility index (Phi) is 8.64. The molecule has 1 N–H and O–H groups in total. The minimum absolute atomic E-state index is 0.0452. The SMILES string of the molecule is CCOC(=O)C1=C(C)NC(C[S+]([O-])CC)=C(C(=O)OCC)C1c1cccc([N+](=O)[O-])c1. The number of nitrogens with zero attached hydrogens (tertiary/aromatic N) is 1. The summed E-state index contributed by atoms with van der Waals surface area (Å²) in [4.78, 5) is 36.6. The number of esters is 2. The molecule has 1 aliphatic rings. The van der Waals surface area contributed by atoms with Crippen molar-refractivity contribution in [3.8, 4) is 0 Å². The van der Waals surface area contributed by atoms with E-state index in [9.17, 15) is 24.3 Å². The number of non-ortho nitro benzene ring substituents is 1. The number of allylic oxidation sites excluding steroid dienone is 1. The third kappa shape index (κ3) is 5.65. The highest BCUT2D eigenvalue weighted by atomic mass is 32.2. The molecule has 0 saturated heterocycles. The second-order valence-electron chi connectivity index (χ2n) is 6.65. The van der Waals surface area contributed by atoms with Gasteiger partial charge >= 0.3 is 11.9 Å². The highest BCUT2D eigenvalue weighted by Gasteiger charge is 2.40.